The third-order valence-corrected chi connectivity index (χ3v) is 7.06. The topological polar surface area (TPSA) is 66.0 Å². The molecule has 3 saturated heterocycles. The highest BCUT2D eigenvalue weighted by Crippen LogP contribution is 2.41. The van der Waals surface area contributed by atoms with Crippen molar-refractivity contribution in [1.82, 2.24) is 14.8 Å². The Morgan fingerprint density at radius 1 is 1.07 bits per heavy atom. The van der Waals surface area contributed by atoms with E-state index in [1.165, 1.54) is 12.1 Å². The molecule has 0 aromatic carbocycles. The van der Waals surface area contributed by atoms with Crippen LogP contribution in [0.1, 0.15) is 39.0 Å². The van der Waals surface area contributed by atoms with Crippen molar-refractivity contribution in [2.45, 2.75) is 45.1 Å². The Morgan fingerprint density at radius 2 is 1.73 bits per heavy atom. The van der Waals surface area contributed by atoms with Gasteiger partial charge in [-0.05, 0) is 56.6 Å². The quantitative estimate of drug-likeness (QED) is 0.709. The highest BCUT2D eigenvalue weighted by atomic mass is 16.5. The standard InChI is InChI=1S/C23H34N4O3/c1-19(28)17-30-21-4-11-25(12-5-21)16-22(29)26-13-6-23(7-14-26)8-15-27(18-23)20-2-9-24-10-3-20/h2-3,9-10,21H,4-8,11-18H2,1H3. The Morgan fingerprint density at radius 3 is 2.40 bits per heavy atom. The summed E-state index contributed by atoms with van der Waals surface area (Å²) in [4.78, 5) is 34.8. The molecule has 3 fully saturated rings. The Labute approximate surface area is 179 Å². The minimum Gasteiger partial charge on any atom is -0.371 e. The monoisotopic (exact) mass is 414 g/mol. The fourth-order valence-electron chi connectivity index (χ4n) is 5.11. The van der Waals surface area contributed by atoms with Crippen LogP contribution in [0.3, 0.4) is 0 Å². The molecule has 7 heteroatoms. The fraction of sp³-hybridized carbons (Fsp3) is 0.696. The summed E-state index contributed by atoms with van der Waals surface area (Å²) in [7, 11) is 0. The second kappa shape index (κ2) is 9.43. The van der Waals surface area contributed by atoms with Crippen molar-refractivity contribution >= 4 is 17.4 Å². The van der Waals surface area contributed by atoms with Crippen molar-refractivity contribution in [1.29, 1.82) is 0 Å². The van der Waals surface area contributed by atoms with Crippen LogP contribution in [0.15, 0.2) is 24.5 Å². The molecular formula is C23H34N4O3. The van der Waals surface area contributed by atoms with Gasteiger partial charge in [0.1, 0.15) is 6.61 Å². The van der Waals surface area contributed by atoms with E-state index in [-0.39, 0.29) is 24.4 Å². The molecule has 3 aliphatic rings. The molecule has 1 amide bonds. The number of piperidine rings is 2. The lowest BCUT2D eigenvalue weighted by Crippen LogP contribution is -2.49. The van der Waals surface area contributed by atoms with Crippen LogP contribution >= 0.6 is 0 Å². The molecule has 4 heterocycles. The minimum absolute atomic E-state index is 0.0710. The molecule has 1 aromatic rings. The zero-order chi connectivity index (χ0) is 21.0. The number of carbonyl (C=O) groups is 2. The van der Waals surface area contributed by atoms with Crippen molar-refractivity contribution in [2.24, 2.45) is 5.41 Å². The van der Waals surface area contributed by atoms with Gasteiger partial charge in [0.15, 0.2) is 5.78 Å². The molecule has 164 valence electrons. The average molecular weight is 415 g/mol. The maximum atomic E-state index is 12.8. The van der Waals surface area contributed by atoms with Crippen LogP contribution in [-0.2, 0) is 14.3 Å². The maximum Gasteiger partial charge on any atom is 0.236 e. The number of aromatic nitrogens is 1. The zero-order valence-corrected chi connectivity index (χ0v) is 18.1. The molecule has 0 atom stereocenters. The Kier molecular flexibility index (Phi) is 6.68. The lowest BCUT2D eigenvalue weighted by molar-refractivity contribution is -0.135. The van der Waals surface area contributed by atoms with Crippen molar-refractivity contribution < 1.29 is 14.3 Å². The predicted octanol–water partition coefficient (Wildman–Crippen LogP) is 1.97. The maximum absolute atomic E-state index is 12.8. The molecule has 0 unspecified atom stereocenters. The normalized spacial score (nSPS) is 22.6. The van der Waals surface area contributed by atoms with E-state index in [1.807, 2.05) is 12.4 Å². The molecule has 0 bridgehead atoms. The molecule has 7 nitrogen and oxygen atoms in total. The number of rotatable bonds is 6. The summed E-state index contributed by atoms with van der Waals surface area (Å²) in [5.41, 5.74) is 1.61. The minimum atomic E-state index is 0.0710. The fourth-order valence-corrected chi connectivity index (χ4v) is 5.11. The highest BCUT2D eigenvalue weighted by molar-refractivity contribution is 5.78. The summed E-state index contributed by atoms with van der Waals surface area (Å²) in [6, 6.07) is 4.18. The number of hydrogen-bond donors (Lipinski definition) is 0. The lowest BCUT2D eigenvalue weighted by atomic mass is 9.77. The SMILES string of the molecule is CC(=O)COC1CCN(CC(=O)N2CCC3(CC2)CCN(c2ccncc2)C3)CC1. The number of ether oxygens (including phenoxy) is 1. The molecule has 30 heavy (non-hydrogen) atoms. The van der Waals surface area contributed by atoms with E-state index >= 15 is 0 Å². The van der Waals surface area contributed by atoms with E-state index in [2.05, 4.69) is 31.8 Å². The van der Waals surface area contributed by atoms with Gasteiger partial charge >= 0.3 is 0 Å². The summed E-state index contributed by atoms with van der Waals surface area (Å²) >= 11 is 0. The van der Waals surface area contributed by atoms with Crippen molar-refractivity contribution in [2.75, 3.05) is 57.3 Å². The number of nitrogens with zero attached hydrogens (tertiary/aromatic N) is 4. The molecule has 3 aliphatic heterocycles. The van der Waals surface area contributed by atoms with E-state index in [0.717, 1.165) is 65.0 Å². The Balaban J connectivity index is 1.19. The number of pyridine rings is 1. The van der Waals surface area contributed by atoms with E-state index in [0.29, 0.717) is 12.0 Å². The van der Waals surface area contributed by atoms with Gasteiger partial charge in [0.25, 0.3) is 0 Å². The summed E-state index contributed by atoms with van der Waals surface area (Å²) < 4.78 is 5.63. The molecule has 0 N–H and O–H groups in total. The predicted molar refractivity (Wildman–Crippen MR) is 115 cm³/mol. The second-order valence-electron chi connectivity index (χ2n) is 9.25. The van der Waals surface area contributed by atoms with Crippen LogP contribution in [0.2, 0.25) is 0 Å². The van der Waals surface area contributed by atoms with Gasteiger partial charge in [-0.2, -0.15) is 0 Å². The van der Waals surface area contributed by atoms with Crippen LogP contribution in [0.5, 0.6) is 0 Å². The molecule has 0 radical (unpaired) electrons. The van der Waals surface area contributed by atoms with Gasteiger partial charge < -0.3 is 14.5 Å². The van der Waals surface area contributed by atoms with E-state index in [9.17, 15) is 9.59 Å². The first-order valence-electron chi connectivity index (χ1n) is 11.3. The summed E-state index contributed by atoms with van der Waals surface area (Å²) in [5.74, 6) is 0.332. The number of amides is 1. The highest BCUT2D eigenvalue weighted by Gasteiger charge is 2.41. The lowest BCUT2D eigenvalue weighted by Gasteiger charge is -2.40. The van der Waals surface area contributed by atoms with Gasteiger partial charge in [-0.15, -0.1) is 0 Å². The summed E-state index contributed by atoms with van der Waals surface area (Å²) in [6.45, 7) is 7.94. The van der Waals surface area contributed by atoms with E-state index in [1.54, 1.807) is 6.92 Å². The third kappa shape index (κ3) is 5.19. The van der Waals surface area contributed by atoms with E-state index < -0.39 is 0 Å². The summed E-state index contributed by atoms with van der Waals surface area (Å²) in [5, 5.41) is 0. The molecular weight excluding hydrogens is 380 g/mol. The third-order valence-electron chi connectivity index (χ3n) is 7.06. The van der Waals surface area contributed by atoms with Crippen LogP contribution in [-0.4, -0.2) is 85.0 Å². The molecule has 4 rings (SSSR count). The van der Waals surface area contributed by atoms with Gasteiger partial charge in [-0.3, -0.25) is 19.5 Å². The summed E-state index contributed by atoms with van der Waals surface area (Å²) in [6.07, 6.45) is 9.08. The van der Waals surface area contributed by atoms with Gasteiger partial charge in [0.2, 0.25) is 5.91 Å². The van der Waals surface area contributed by atoms with Crippen molar-refractivity contribution in [3.63, 3.8) is 0 Å². The van der Waals surface area contributed by atoms with Crippen LogP contribution < -0.4 is 4.90 Å². The first kappa shape index (κ1) is 21.2. The van der Waals surface area contributed by atoms with Gasteiger partial charge in [-0.25, -0.2) is 0 Å². The zero-order valence-electron chi connectivity index (χ0n) is 18.1. The molecule has 1 aromatic heterocycles. The number of carbonyl (C=O) groups excluding carboxylic acids is 2. The van der Waals surface area contributed by atoms with Crippen LogP contribution in [0.25, 0.3) is 0 Å². The van der Waals surface area contributed by atoms with Crippen LogP contribution in [0, 0.1) is 5.41 Å². The number of Topliss-reactive ketones (excluding diaryl/α,β-unsaturated/α-hetero) is 1. The van der Waals surface area contributed by atoms with Crippen molar-refractivity contribution in [3.8, 4) is 0 Å². The number of anilines is 1. The largest absolute Gasteiger partial charge is 0.371 e. The average Bonchev–Trinajstić information content (AvgIpc) is 3.18. The first-order valence-corrected chi connectivity index (χ1v) is 11.3. The smallest absolute Gasteiger partial charge is 0.236 e. The Hall–Kier alpha value is -1.99. The Bertz CT molecular complexity index is 725. The molecule has 0 aliphatic carbocycles. The van der Waals surface area contributed by atoms with E-state index in [4.69, 9.17) is 4.74 Å². The van der Waals surface area contributed by atoms with Gasteiger partial charge in [0, 0.05) is 57.3 Å². The molecule has 0 saturated carbocycles. The van der Waals surface area contributed by atoms with Crippen LogP contribution in [0.4, 0.5) is 5.69 Å². The van der Waals surface area contributed by atoms with Gasteiger partial charge in [0.05, 0.1) is 12.6 Å². The number of hydrogen-bond acceptors (Lipinski definition) is 6. The molecule has 1 spiro atoms. The second-order valence-corrected chi connectivity index (χ2v) is 9.25. The first-order chi connectivity index (χ1) is 14.5. The van der Waals surface area contributed by atoms with Gasteiger partial charge in [-0.1, -0.05) is 0 Å². The number of likely N-dealkylation sites (tertiary alicyclic amines) is 2. The van der Waals surface area contributed by atoms with Crippen molar-refractivity contribution in [3.05, 3.63) is 24.5 Å². The number of ketones is 1.